The van der Waals surface area contributed by atoms with Gasteiger partial charge in [-0.25, -0.2) is 0 Å². The molecule has 2 unspecified atom stereocenters. The molecule has 0 spiro atoms. The summed E-state index contributed by atoms with van der Waals surface area (Å²) < 4.78 is 5.58. The van der Waals surface area contributed by atoms with Crippen LogP contribution in [0, 0.1) is 5.41 Å². The van der Waals surface area contributed by atoms with Gasteiger partial charge in [-0.05, 0) is 45.7 Å². The van der Waals surface area contributed by atoms with Gasteiger partial charge in [-0.3, -0.25) is 9.59 Å². The minimum Gasteiger partial charge on any atom is -0.481 e. The fraction of sp³-hybridized carbons (Fsp3) is 0.857. The van der Waals surface area contributed by atoms with Gasteiger partial charge in [0.05, 0.1) is 11.5 Å². The van der Waals surface area contributed by atoms with E-state index in [2.05, 4.69) is 10.6 Å². The van der Waals surface area contributed by atoms with Crippen molar-refractivity contribution >= 4 is 11.9 Å². The first-order valence-corrected chi connectivity index (χ1v) is 7.37. The second kappa shape index (κ2) is 6.54. The molecular weight excluding hydrogens is 260 g/mol. The third-order valence-electron chi connectivity index (χ3n) is 4.52. The average Bonchev–Trinajstić information content (AvgIpc) is 2.80. The Morgan fingerprint density at radius 3 is 2.70 bits per heavy atom. The molecule has 20 heavy (non-hydrogen) atoms. The van der Waals surface area contributed by atoms with E-state index in [-0.39, 0.29) is 24.7 Å². The van der Waals surface area contributed by atoms with Gasteiger partial charge in [0.15, 0.2) is 0 Å². The molecule has 2 rings (SSSR count). The van der Waals surface area contributed by atoms with Gasteiger partial charge >= 0.3 is 5.97 Å². The van der Waals surface area contributed by atoms with E-state index in [1.807, 2.05) is 0 Å². The zero-order valence-electron chi connectivity index (χ0n) is 12.0. The van der Waals surface area contributed by atoms with Crippen LogP contribution in [-0.4, -0.2) is 48.8 Å². The Morgan fingerprint density at radius 1 is 1.35 bits per heavy atom. The van der Waals surface area contributed by atoms with Crippen LogP contribution in [0.15, 0.2) is 0 Å². The molecule has 1 aliphatic heterocycles. The first kappa shape index (κ1) is 15.3. The van der Waals surface area contributed by atoms with E-state index in [0.29, 0.717) is 6.42 Å². The Morgan fingerprint density at radius 2 is 2.05 bits per heavy atom. The average molecular weight is 284 g/mol. The maximum atomic E-state index is 11.9. The van der Waals surface area contributed by atoms with Crippen LogP contribution in [0.5, 0.6) is 0 Å². The molecule has 2 fully saturated rings. The Kier molecular flexibility index (Phi) is 4.99. The van der Waals surface area contributed by atoms with Crippen LogP contribution in [0.3, 0.4) is 0 Å². The van der Waals surface area contributed by atoms with E-state index in [0.717, 1.165) is 38.8 Å². The predicted octanol–water partition coefficient (Wildman–Crippen LogP) is 0.515. The largest absolute Gasteiger partial charge is 0.481 e. The van der Waals surface area contributed by atoms with Crippen LogP contribution in [0.1, 0.15) is 39.0 Å². The smallest absolute Gasteiger partial charge is 0.311 e. The summed E-state index contributed by atoms with van der Waals surface area (Å²) in [6.45, 7) is 3.58. The number of piperidine rings is 1. The second-order valence-electron chi connectivity index (χ2n) is 6.00. The summed E-state index contributed by atoms with van der Waals surface area (Å²) in [6.07, 6.45) is 4.15. The van der Waals surface area contributed by atoms with Crippen LogP contribution in [-0.2, 0) is 14.3 Å². The maximum Gasteiger partial charge on any atom is 0.311 e. The number of hydrogen-bond donors (Lipinski definition) is 3. The van der Waals surface area contributed by atoms with Gasteiger partial charge in [-0.2, -0.15) is 0 Å². The molecule has 1 saturated heterocycles. The molecule has 6 heteroatoms. The molecule has 6 nitrogen and oxygen atoms in total. The number of nitrogens with one attached hydrogen (secondary N) is 2. The van der Waals surface area contributed by atoms with Gasteiger partial charge in [0, 0.05) is 6.04 Å². The number of carboxylic acid groups (broad SMARTS) is 1. The summed E-state index contributed by atoms with van der Waals surface area (Å²) in [6, 6.07) is -0.288. The van der Waals surface area contributed by atoms with Gasteiger partial charge < -0.3 is 20.5 Å². The van der Waals surface area contributed by atoms with Gasteiger partial charge in [0.2, 0.25) is 5.91 Å². The van der Waals surface area contributed by atoms with Gasteiger partial charge in [-0.15, -0.1) is 0 Å². The Bertz CT molecular complexity index is 368. The third-order valence-corrected chi connectivity index (χ3v) is 4.52. The van der Waals surface area contributed by atoms with Crippen molar-refractivity contribution in [3.63, 3.8) is 0 Å². The van der Waals surface area contributed by atoms with Crippen LogP contribution in [0.4, 0.5) is 0 Å². The molecule has 114 valence electrons. The Balaban J connectivity index is 1.77. The topological polar surface area (TPSA) is 87.7 Å². The lowest BCUT2D eigenvalue weighted by atomic mass is 9.85. The van der Waals surface area contributed by atoms with E-state index < -0.39 is 11.4 Å². The normalized spacial score (nSPS) is 31.1. The summed E-state index contributed by atoms with van der Waals surface area (Å²) in [5.41, 5.74) is -0.843. The molecule has 1 aliphatic carbocycles. The zero-order valence-corrected chi connectivity index (χ0v) is 12.0. The Hall–Kier alpha value is -1.14. The third kappa shape index (κ3) is 3.49. The molecule has 3 N–H and O–H groups in total. The van der Waals surface area contributed by atoms with Crippen LogP contribution in [0.2, 0.25) is 0 Å². The highest BCUT2D eigenvalue weighted by Gasteiger charge is 2.45. The summed E-state index contributed by atoms with van der Waals surface area (Å²) >= 11 is 0. The van der Waals surface area contributed by atoms with Crippen molar-refractivity contribution in [2.75, 3.05) is 19.7 Å². The number of amides is 1. The van der Waals surface area contributed by atoms with E-state index >= 15 is 0 Å². The molecule has 1 amide bonds. The standard InChI is InChI=1S/C14H24N2O4/c1-14(13(18)19)6-2-3-11(14)16-12(17)9-20-10-4-7-15-8-5-10/h10-11,15H,2-9H2,1H3,(H,16,17)(H,18,19). The number of hydrogen-bond acceptors (Lipinski definition) is 4. The molecule has 2 atom stereocenters. The minimum atomic E-state index is -0.843. The fourth-order valence-corrected chi connectivity index (χ4v) is 3.05. The number of rotatable bonds is 5. The molecule has 2 aliphatic rings. The summed E-state index contributed by atoms with van der Waals surface area (Å²) in [5, 5.41) is 15.4. The predicted molar refractivity (Wildman–Crippen MR) is 73.4 cm³/mol. The number of carbonyl (C=O) groups is 2. The van der Waals surface area contributed by atoms with Crippen molar-refractivity contribution < 1.29 is 19.4 Å². The molecule has 1 saturated carbocycles. The van der Waals surface area contributed by atoms with Crippen molar-refractivity contribution in [3.05, 3.63) is 0 Å². The van der Waals surface area contributed by atoms with Crippen molar-refractivity contribution in [2.45, 2.75) is 51.2 Å². The van der Waals surface area contributed by atoms with Crippen molar-refractivity contribution in [1.29, 1.82) is 0 Å². The van der Waals surface area contributed by atoms with Crippen molar-refractivity contribution in [1.82, 2.24) is 10.6 Å². The molecule has 0 aromatic rings. The molecule has 0 aromatic heterocycles. The van der Waals surface area contributed by atoms with Crippen molar-refractivity contribution in [3.8, 4) is 0 Å². The minimum absolute atomic E-state index is 0.0247. The summed E-state index contributed by atoms with van der Waals surface area (Å²) in [4.78, 5) is 23.2. The van der Waals surface area contributed by atoms with Crippen LogP contribution >= 0.6 is 0 Å². The lowest BCUT2D eigenvalue weighted by Gasteiger charge is -2.28. The SMILES string of the molecule is CC1(C(=O)O)CCCC1NC(=O)COC1CCNCC1. The monoisotopic (exact) mass is 284 g/mol. The molecule has 0 radical (unpaired) electrons. The highest BCUT2D eigenvalue weighted by molar-refractivity contribution is 5.80. The van der Waals surface area contributed by atoms with E-state index in [4.69, 9.17) is 4.74 Å². The van der Waals surface area contributed by atoms with Crippen molar-refractivity contribution in [2.24, 2.45) is 5.41 Å². The number of carbonyl (C=O) groups excluding carboxylic acids is 1. The lowest BCUT2D eigenvalue weighted by molar-refractivity contribution is -0.149. The lowest BCUT2D eigenvalue weighted by Crippen LogP contribution is -2.48. The summed E-state index contributed by atoms with van der Waals surface area (Å²) in [5.74, 6) is -1.04. The quantitative estimate of drug-likeness (QED) is 0.685. The van der Waals surface area contributed by atoms with Gasteiger partial charge in [0.25, 0.3) is 0 Å². The van der Waals surface area contributed by atoms with Gasteiger partial charge in [0.1, 0.15) is 6.61 Å². The first-order chi connectivity index (χ1) is 9.52. The van der Waals surface area contributed by atoms with E-state index in [1.165, 1.54) is 0 Å². The van der Waals surface area contributed by atoms with Gasteiger partial charge in [-0.1, -0.05) is 6.42 Å². The maximum absolute atomic E-state index is 11.9. The molecule has 0 aromatic carbocycles. The highest BCUT2D eigenvalue weighted by atomic mass is 16.5. The molecule has 0 bridgehead atoms. The zero-order chi connectivity index (χ0) is 14.6. The highest BCUT2D eigenvalue weighted by Crippen LogP contribution is 2.38. The van der Waals surface area contributed by atoms with E-state index in [1.54, 1.807) is 6.92 Å². The Labute approximate surface area is 119 Å². The number of carboxylic acids is 1. The van der Waals surface area contributed by atoms with E-state index in [9.17, 15) is 14.7 Å². The second-order valence-corrected chi connectivity index (χ2v) is 6.00. The number of ether oxygens (including phenoxy) is 1. The van der Waals surface area contributed by atoms with Crippen LogP contribution < -0.4 is 10.6 Å². The fourth-order valence-electron chi connectivity index (χ4n) is 3.05. The summed E-state index contributed by atoms with van der Waals surface area (Å²) in [7, 11) is 0. The first-order valence-electron chi connectivity index (χ1n) is 7.37. The number of aliphatic carboxylic acids is 1. The molecule has 1 heterocycles. The van der Waals surface area contributed by atoms with Crippen LogP contribution in [0.25, 0.3) is 0 Å². The molecular formula is C14H24N2O4.